The predicted molar refractivity (Wildman–Crippen MR) is 203 cm³/mol. The van der Waals surface area contributed by atoms with Gasteiger partial charge in [-0.05, 0) is 63.4 Å². The van der Waals surface area contributed by atoms with Crippen molar-refractivity contribution in [3.8, 4) is 51.0 Å². The van der Waals surface area contributed by atoms with Crippen molar-refractivity contribution in [2.75, 3.05) is 0 Å². The minimum absolute atomic E-state index is 0.331. The van der Waals surface area contributed by atoms with E-state index in [9.17, 15) is 0 Å². The van der Waals surface area contributed by atoms with Crippen LogP contribution in [0.1, 0.15) is 25.0 Å². The van der Waals surface area contributed by atoms with Crippen molar-refractivity contribution < 1.29 is 0 Å². The standard InChI is InChI=1S/C45H31N5/c1-45(2)38-27-30(50-39-23-9-8-18-33(39)36-22-12-26-46-44(36)50)24-25-32(38)34-19-11-21-37(40(34)45)43-48-41(29-14-4-3-5-15-29)47-42(49-43)35-20-10-16-28-13-6-7-17-31(28)35/h3-27H,1-2H3. The molecule has 5 nitrogen and oxygen atoms in total. The largest absolute Gasteiger partial charge is 0.294 e. The van der Waals surface area contributed by atoms with E-state index in [2.05, 4.69) is 140 Å². The fourth-order valence-corrected chi connectivity index (χ4v) is 8.01. The Balaban J connectivity index is 1.17. The normalized spacial score (nSPS) is 13.2. The topological polar surface area (TPSA) is 56.5 Å². The SMILES string of the molecule is CC1(C)c2cc(-n3c4ccccc4c4cccnc43)ccc2-c2cccc(-c3nc(-c4ccccc4)nc(-c4cccc5ccccc45)n3)c21. The number of nitrogens with zero attached hydrogens (tertiary/aromatic N) is 5. The monoisotopic (exact) mass is 641 g/mol. The lowest BCUT2D eigenvalue weighted by Gasteiger charge is -2.24. The third kappa shape index (κ3) is 4.20. The van der Waals surface area contributed by atoms with E-state index in [0.29, 0.717) is 17.5 Å². The second-order valence-electron chi connectivity index (χ2n) is 13.5. The van der Waals surface area contributed by atoms with E-state index < -0.39 is 0 Å². The van der Waals surface area contributed by atoms with Crippen LogP contribution in [0.4, 0.5) is 0 Å². The minimum Gasteiger partial charge on any atom is -0.294 e. The zero-order chi connectivity index (χ0) is 33.4. The number of rotatable bonds is 4. The highest BCUT2D eigenvalue weighted by Crippen LogP contribution is 2.52. The summed E-state index contributed by atoms with van der Waals surface area (Å²) >= 11 is 0. The predicted octanol–water partition coefficient (Wildman–Crippen LogP) is 10.8. The lowest BCUT2D eigenvalue weighted by molar-refractivity contribution is 0.660. The summed E-state index contributed by atoms with van der Waals surface area (Å²) in [6.45, 7) is 4.64. The third-order valence-corrected chi connectivity index (χ3v) is 10.3. The van der Waals surface area contributed by atoms with Crippen LogP contribution in [0.3, 0.4) is 0 Å². The molecule has 0 N–H and O–H groups in total. The quantitative estimate of drug-likeness (QED) is 0.192. The molecule has 0 saturated carbocycles. The Morgan fingerprint density at radius 3 is 2.04 bits per heavy atom. The van der Waals surface area contributed by atoms with Gasteiger partial charge in [0, 0.05) is 44.8 Å². The summed E-state index contributed by atoms with van der Waals surface area (Å²) in [4.78, 5) is 20.3. The first-order valence-corrected chi connectivity index (χ1v) is 17.0. The van der Waals surface area contributed by atoms with Gasteiger partial charge in [-0.15, -0.1) is 0 Å². The molecule has 0 bridgehead atoms. The fourth-order valence-electron chi connectivity index (χ4n) is 8.01. The molecule has 6 aromatic carbocycles. The molecule has 3 heterocycles. The molecule has 0 fully saturated rings. The van der Waals surface area contributed by atoms with Crippen LogP contribution in [0, 0.1) is 0 Å². The molecule has 0 atom stereocenters. The van der Waals surface area contributed by atoms with Gasteiger partial charge in [0.2, 0.25) is 0 Å². The van der Waals surface area contributed by atoms with Crippen molar-refractivity contribution in [1.82, 2.24) is 24.5 Å². The van der Waals surface area contributed by atoms with Gasteiger partial charge in [-0.2, -0.15) is 0 Å². The Morgan fingerprint density at radius 1 is 0.500 bits per heavy atom. The van der Waals surface area contributed by atoms with E-state index in [-0.39, 0.29) is 5.41 Å². The molecule has 236 valence electrons. The first kappa shape index (κ1) is 28.5. The van der Waals surface area contributed by atoms with Gasteiger partial charge in [0.25, 0.3) is 0 Å². The molecule has 0 amide bonds. The highest BCUT2D eigenvalue weighted by molar-refractivity contribution is 6.08. The van der Waals surface area contributed by atoms with Crippen molar-refractivity contribution in [1.29, 1.82) is 0 Å². The molecule has 0 aliphatic heterocycles. The Morgan fingerprint density at radius 2 is 1.16 bits per heavy atom. The van der Waals surface area contributed by atoms with Gasteiger partial charge >= 0.3 is 0 Å². The zero-order valence-electron chi connectivity index (χ0n) is 27.7. The first-order valence-electron chi connectivity index (χ1n) is 17.0. The van der Waals surface area contributed by atoms with Gasteiger partial charge in [0.15, 0.2) is 17.5 Å². The number of hydrogen-bond acceptors (Lipinski definition) is 4. The van der Waals surface area contributed by atoms with E-state index in [1.807, 2.05) is 30.5 Å². The second-order valence-corrected chi connectivity index (χ2v) is 13.5. The Labute approximate surface area is 289 Å². The number of pyridine rings is 1. The van der Waals surface area contributed by atoms with Crippen LogP contribution in [0.25, 0.3) is 83.7 Å². The maximum absolute atomic E-state index is 5.25. The number of para-hydroxylation sites is 1. The average molecular weight is 642 g/mol. The van der Waals surface area contributed by atoms with Crippen LogP contribution in [0.15, 0.2) is 152 Å². The summed E-state index contributed by atoms with van der Waals surface area (Å²) in [6.07, 6.45) is 1.88. The molecule has 0 unspecified atom stereocenters. The summed E-state index contributed by atoms with van der Waals surface area (Å²) in [7, 11) is 0. The van der Waals surface area contributed by atoms with Gasteiger partial charge in [0.05, 0.1) is 5.52 Å². The van der Waals surface area contributed by atoms with E-state index in [4.69, 9.17) is 19.9 Å². The van der Waals surface area contributed by atoms with Crippen molar-refractivity contribution in [3.05, 3.63) is 163 Å². The molecule has 1 aliphatic carbocycles. The molecular formula is C45H31N5. The van der Waals surface area contributed by atoms with Gasteiger partial charge in [-0.3, -0.25) is 4.57 Å². The Bertz CT molecular complexity index is 2740. The summed E-state index contributed by atoms with van der Waals surface area (Å²) in [5, 5.41) is 4.62. The van der Waals surface area contributed by atoms with Crippen molar-refractivity contribution in [2.24, 2.45) is 0 Å². The van der Waals surface area contributed by atoms with Gasteiger partial charge in [0.1, 0.15) is 5.65 Å². The van der Waals surface area contributed by atoms with Crippen LogP contribution >= 0.6 is 0 Å². The molecule has 10 rings (SSSR count). The van der Waals surface area contributed by atoms with Crippen molar-refractivity contribution in [3.63, 3.8) is 0 Å². The van der Waals surface area contributed by atoms with E-state index in [1.165, 1.54) is 27.6 Å². The highest BCUT2D eigenvalue weighted by Gasteiger charge is 2.38. The molecule has 0 spiro atoms. The van der Waals surface area contributed by atoms with Gasteiger partial charge in [-0.25, -0.2) is 19.9 Å². The molecule has 0 saturated heterocycles. The molecule has 50 heavy (non-hydrogen) atoms. The molecule has 9 aromatic rings. The maximum atomic E-state index is 5.25. The van der Waals surface area contributed by atoms with Crippen LogP contribution in [-0.2, 0) is 5.41 Å². The number of aromatic nitrogens is 5. The van der Waals surface area contributed by atoms with Crippen LogP contribution in [0.5, 0.6) is 0 Å². The number of fused-ring (bicyclic) bond motifs is 7. The number of hydrogen-bond donors (Lipinski definition) is 0. The molecule has 0 radical (unpaired) electrons. The highest BCUT2D eigenvalue weighted by atomic mass is 15.0. The molecule has 5 heteroatoms. The van der Waals surface area contributed by atoms with Gasteiger partial charge in [-0.1, -0.05) is 129 Å². The van der Waals surface area contributed by atoms with E-state index in [0.717, 1.165) is 49.7 Å². The smallest absolute Gasteiger partial charge is 0.164 e. The average Bonchev–Trinajstić information content (AvgIpc) is 3.63. The van der Waals surface area contributed by atoms with Gasteiger partial charge < -0.3 is 0 Å². The van der Waals surface area contributed by atoms with Crippen molar-refractivity contribution in [2.45, 2.75) is 19.3 Å². The summed E-state index contributed by atoms with van der Waals surface area (Å²) in [5.41, 5.74) is 10.8. The molecule has 3 aromatic heterocycles. The van der Waals surface area contributed by atoms with Crippen molar-refractivity contribution >= 4 is 32.7 Å². The zero-order valence-corrected chi connectivity index (χ0v) is 27.7. The Kier molecular flexibility index (Phi) is 6.15. The van der Waals surface area contributed by atoms with Crippen LogP contribution in [0.2, 0.25) is 0 Å². The lowest BCUT2D eigenvalue weighted by Crippen LogP contribution is -2.17. The maximum Gasteiger partial charge on any atom is 0.164 e. The molecule has 1 aliphatic rings. The lowest BCUT2D eigenvalue weighted by atomic mass is 9.80. The van der Waals surface area contributed by atoms with Crippen LogP contribution in [-0.4, -0.2) is 24.5 Å². The van der Waals surface area contributed by atoms with E-state index >= 15 is 0 Å². The third-order valence-electron chi connectivity index (χ3n) is 10.3. The summed E-state index contributed by atoms with van der Waals surface area (Å²) in [6, 6.07) is 51.0. The Hall–Kier alpha value is -6.46. The first-order chi connectivity index (χ1) is 24.6. The minimum atomic E-state index is -0.331. The number of benzene rings is 6. The summed E-state index contributed by atoms with van der Waals surface area (Å²) < 4.78 is 2.29. The second kappa shape index (κ2) is 10.8. The fraction of sp³-hybridized carbons (Fsp3) is 0.0667. The summed E-state index contributed by atoms with van der Waals surface area (Å²) in [5.74, 6) is 2.00. The van der Waals surface area contributed by atoms with E-state index in [1.54, 1.807) is 0 Å². The van der Waals surface area contributed by atoms with Crippen LogP contribution < -0.4 is 0 Å². The molecular weight excluding hydrogens is 611 g/mol.